The molecule has 6 nitrogen and oxygen atoms in total. The number of hydrogen-bond acceptors (Lipinski definition) is 4. The number of carbonyl (C=O) groups is 1. The van der Waals surface area contributed by atoms with E-state index < -0.39 is 5.41 Å². The molecular weight excluding hydrogens is 256 g/mol. The fourth-order valence-corrected chi connectivity index (χ4v) is 2.81. The zero-order chi connectivity index (χ0) is 14.8. The lowest BCUT2D eigenvalue weighted by molar-refractivity contribution is -0.133. The SMILES string of the molecule is CC1CC(C(=O)NC(C)c2ccncc2)(/C(N)=N/O)C1. The van der Waals surface area contributed by atoms with Crippen LogP contribution in [0.15, 0.2) is 29.7 Å². The lowest BCUT2D eigenvalue weighted by Crippen LogP contribution is -2.57. The van der Waals surface area contributed by atoms with Gasteiger partial charge < -0.3 is 16.3 Å². The Morgan fingerprint density at radius 2 is 2.15 bits per heavy atom. The van der Waals surface area contributed by atoms with Crippen molar-refractivity contribution in [3.05, 3.63) is 30.1 Å². The first-order valence-electron chi connectivity index (χ1n) is 6.68. The van der Waals surface area contributed by atoms with Gasteiger partial charge in [0.05, 0.1) is 6.04 Å². The molecule has 1 saturated carbocycles. The van der Waals surface area contributed by atoms with Crippen LogP contribution >= 0.6 is 0 Å². The molecule has 6 heteroatoms. The smallest absolute Gasteiger partial charge is 0.234 e. The van der Waals surface area contributed by atoms with Crippen molar-refractivity contribution in [3.8, 4) is 0 Å². The van der Waals surface area contributed by atoms with Crippen molar-refractivity contribution in [1.29, 1.82) is 0 Å². The fraction of sp³-hybridized carbons (Fsp3) is 0.500. The summed E-state index contributed by atoms with van der Waals surface area (Å²) in [7, 11) is 0. The van der Waals surface area contributed by atoms with Gasteiger partial charge in [-0.1, -0.05) is 12.1 Å². The van der Waals surface area contributed by atoms with Crippen LogP contribution in [0.1, 0.15) is 38.3 Å². The molecule has 1 aromatic rings. The van der Waals surface area contributed by atoms with E-state index in [4.69, 9.17) is 10.9 Å². The molecule has 20 heavy (non-hydrogen) atoms. The van der Waals surface area contributed by atoms with Crippen LogP contribution in [0, 0.1) is 11.3 Å². The van der Waals surface area contributed by atoms with Crippen molar-refractivity contribution in [3.63, 3.8) is 0 Å². The second-order valence-corrected chi connectivity index (χ2v) is 5.56. The highest BCUT2D eigenvalue weighted by Crippen LogP contribution is 2.46. The van der Waals surface area contributed by atoms with Gasteiger partial charge >= 0.3 is 0 Å². The summed E-state index contributed by atoms with van der Waals surface area (Å²) in [5, 5.41) is 14.9. The number of pyridine rings is 1. The molecule has 108 valence electrons. The van der Waals surface area contributed by atoms with Gasteiger partial charge in [-0.2, -0.15) is 0 Å². The van der Waals surface area contributed by atoms with Gasteiger partial charge in [-0.15, -0.1) is 0 Å². The van der Waals surface area contributed by atoms with E-state index in [0.717, 1.165) is 5.56 Å². The third-order valence-electron chi connectivity index (χ3n) is 3.98. The Hall–Kier alpha value is -2.11. The second kappa shape index (κ2) is 5.48. The van der Waals surface area contributed by atoms with Crippen LogP contribution in [-0.4, -0.2) is 21.9 Å². The van der Waals surface area contributed by atoms with Gasteiger partial charge in [-0.3, -0.25) is 9.78 Å². The summed E-state index contributed by atoms with van der Waals surface area (Å²) in [5.74, 6) is 0.211. The largest absolute Gasteiger partial charge is 0.409 e. The second-order valence-electron chi connectivity index (χ2n) is 5.56. The Labute approximate surface area is 118 Å². The maximum absolute atomic E-state index is 12.5. The summed E-state index contributed by atoms with van der Waals surface area (Å²) < 4.78 is 0. The molecule has 4 N–H and O–H groups in total. The first-order chi connectivity index (χ1) is 9.49. The van der Waals surface area contributed by atoms with Crippen LogP contribution in [0.5, 0.6) is 0 Å². The molecule has 0 radical (unpaired) electrons. The molecule has 1 atom stereocenters. The van der Waals surface area contributed by atoms with Gasteiger partial charge in [-0.25, -0.2) is 0 Å². The van der Waals surface area contributed by atoms with Crippen molar-refractivity contribution >= 4 is 11.7 Å². The number of amides is 1. The molecule has 1 unspecified atom stereocenters. The van der Waals surface area contributed by atoms with Crippen LogP contribution in [0.2, 0.25) is 0 Å². The highest BCUT2D eigenvalue weighted by atomic mass is 16.4. The van der Waals surface area contributed by atoms with E-state index in [9.17, 15) is 4.79 Å². The van der Waals surface area contributed by atoms with Crippen molar-refractivity contribution < 1.29 is 10.0 Å². The predicted octanol–water partition coefficient (Wildman–Crippen LogP) is 1.42. The maximum atomic E-state index is 12.5. The third-order valence-corrected chi connectivity index (χ3v) is 3.98. The van der Waals surface area contributed by atoms with Crippen molar-refractivity contribution in [2.45, 2.75) is 32.7 Å². The summed E-state index contributed by atoms with van der Waals surface area (Å²) >= 11 is 0. The Kier molecular flexibility index (Phi) is 3.92. The van der Waals surface area contributed by atoms with Crippen molar-refractivity contribution in [2.24, 2.45) is 22.2 Å². The quantitative estimate of drug-likeness (QED) is 0.335. The van der Waals surface area contributed by atoms with Crippen molar-refractivity contribution in [2.75, 3.05) is 0 Å². The Morgan fingerprint density at radius 1 is 1.55 bits per heavy atom. The van der Waals surface area contributed by atoms with E-state index in [0.29, 0.717) is 18.8 Å². The number of rotatable bonds is 4. The molecule has 1 aromatic heterocycles. The van der Waals surface area contributed by atoms with E-state index in [2.05, 4.69) is 15.5 Å². The standard InChI is InChI=1S/C14H20N4O2/c1-9-7-14(8-9,12(15)18-20)13(19)17-10(2)11-3-5-16-6-4-11/h3-6,9-10,20H,7-8H2,1-2H3,(H2,15,18)(H,17,19). The van der Waals surface area contributed by atoms with Crippen LogP contribution in [0.3, 0.4) is 0 Å². The Bertz CT molecular complexity index is 509. The van der Waals surface area contributed by atoms with Gasteiger partial charge in [0.25, 0.3) is 0 Å². The molecule has 0 aliphatic heterocycles. The molecule has 1 aliphatic carbocycles. The zero-order valence-corrected chi connectivity index (χ0v) is 11.7. The number of carbonyl (C=O) groups excluding carboxylic acids is 1. The molecule has 2 rings (SSSR count). The number of oxime groups is 1. The number of amidine groups is 1. The number of nitrogens with one attached hydrogen (secondary N) is 1. The molecule has 1 aliphatic rings. The van der Waals surface area contributed by atoms with Crippen molar-refractivity contribution in [1.82, 2.24) is 10.3 Å². The minimum Gasteiger partial charge on any atom is -0.409 e. The summed E-state index contributed by atoms with van der Waals surface area (Å²) in [5.41, 5.74) is 5.82. The minimum atomic E-state index is -0.866. The summed E-state index contributed by atoms with van der Waals surface area (Å²) in [6.07, 6.45) is 4.58. The van der Waals surface area contributed by atoms with Crippen LogP contribution in [0.4, 0.5) is 0 Å². The number of nitrogens with zero attached hydrogens (tertiary/aromatic N) is 2. The number of hydrogen-bond donors (Lipinski definition) is 3. The van der Waals surface area contributed by atoms with E-state index in [1.54, 1.807) is 12.4 Å². The first kappa shape index (κ1) is 14.3. The molecule has 0 bridgehead atoms. The van der Waals surface area contributed by atoms with Crippen LogP contribution in [-0.2, 0) is 4.79 Å². The summed E-state index contributed by atoms with van der Waals surface area (Å²) in [6, 6.07) is 3.56. The molecule has 0 spiro atoms. The fourth-order valence-electron chi connectivity index (χ4n) is 2.81. The van der Waals surface area contributed by atoms with E-state index >= 15 is 0 Å². The summed E-state index contributed by atoms with van der Waals surface area (Å²) in [4.78, 5) is 16.4. The topological polar surface area (TPSA) is 101 Å². The summed E-state index contributed by atoms with van der Waals surface area (Å²) in [6.45, 7) is 3.94. The molecule has 1 amide bonds. The van der Waals surface area contributed by atoms with Crippen LogP contribution < -0.4 is 11.1 Å². The lowest BCUT2D eigenvalue weighted by atomic mass is 9.61. The zero-order valence-electron chi connectivity index (χ0n) is 11.7. The van der Waals surface area contributed by atoms with Gasteiger partial charge in [0, 0.05) is 12.4 Å². The molecule has 1 fully saturated rings. The Balaban J connectivity index is 2.11. The lowest BCUT2D eigenvalue weighted by Gasteiger charge is -2.44. The predicted molar refractivity (Wildman–Crippen MR) is 75.0 cm³/mol. The molecule has 0 aromatic carbocycles. The normalized spacial score (nSPS) is 27.5. The van der Waals surface area contributed by atoms with Gasteiger partial charge in [0.15, 0.2) is 5.84 Å². The highest BCUT2D eigenvalue weighted by Gasteiger charge is 2.52. The molecule has 0 saturated heterocycles. The monoisotopic (exact) mass is 276 g/mol. The average Bonchev–Trinajstić information content (AvgIpc) is 2.43. The number of aromatic nitrogens is 1. The highest BCUT2D eigenvalue weighted by molar-refractivity contribution is 6.07. The number of nitrogens with two attached hydrogens (primary N) is 1. The third kappa shape index (κ3) is 2.45. The van der Waals surface area contributed by atoms with Gasteiger partial charge in [0.2, 0.25) is 5.91 Å². The van der Waals surface area contributed by atoms with Gasteiger partial charge in [0.1, 0.15) is 5.41 Å². The molecular formula is C14H20N4O2. The maximum Gasteiger partial charge on any atom is 0.234 e. The van der Waals surface area contributed by atoms with Crippen LogP contribution in [0.25, 0.3) is 0 Å². The van der Waals surface area contributed by atoms with Gasteiger partial charge in [-0.05, 0) is 43.4 Å². The minimum absolute atomic E-state index is 0.00460. The Morgan fingerprint density at radius 3 is 2.65 bits per heavy atom. The average molecular weight is 276 g/mol. The first-order valence-corrected chi connectivity index (χ1v) is 6.68. The van der Waals surface area contributed by atoms with E-state index in [1.807, 2.05) is 26.0 Å². The van der Waals surface area contributed by atoms with E-state index in [-0.39, 0.29) is 17.8 Å². The van der Waals surface area contributed by atoms with E-state index in [1.165, 1.54) is 0 Å². The molecule has 1 heterocycles.